The Bertz CT molecular complexity index is 464. The van der Waals surface area contributed by atoms with Gasteiger partial charge >= 0.3 is 0 Å². The van der Waals surface area contributed by atoms with Crippen molar-refractivity contribution in [3.63, 3.8) is 0 Å². The molecule has 2 heterocycles. The minimum absolute atomic E-state index is 0.287. The van der Waals surface area contributed by atoms with Gasteiger partial charge in [0, 0.05) is 5.41 Å². The van der Waals surface area contributed by atoms with E-state index in [4.69, 9.17) is 4.98 Å². The second-order valence-electron chi connectivity index (χ2n) is 4.80. The molecular weight excluding hydrogens is 216 g/mol. The van der Waals surface area contributed by atoms with E-state index in [2.05, 4.69) is 36.5 Å². The van der Waals surface area contributed by atoms with Gasteiger partial charge in [0.2, 0.25) is 0 Å². The molecular formula is C13H16N2S. The molecule has 1 aliphatic heterocycles. The molecule has 16 heavy (non-hydrogen) atoms. The normalized spacial score (nSPS) is 20.1. The van der Waals surface area contributed by atoms with Crippen LogP contribution in [0.5, 0.6) is 0 Å². The summed E-state index contributed by atoms with van der Waals surface area (Å²) in [6.07, 6.45) is 2.40. The first-order valence-electron chi connectivity index (χ1n) is 5.85. The van der Waals surface area contributed by atoms with Gasteiger partial charge < -0.3 is 5.32 Å². The number of hydrogen-bond acceptors (Lipinski definition) is 3. The summed E-state index contributed by atoms with van der Waals surface area (Å²) >= 11 is 1.86. The summed E-state index contributed by atoms with van der Waals surface area (Å²) in [5.74, 6) is 0. The molecule has 1 aromatic carbocycles. The van der Waals surface area contributed by atoms with Crippen molar-refractivity contribution in [2.24, 2.45) is 0 Å². The molecule has 0 spiro atoms. The van der Waals surface area contributed by atoms with Crippen LogP contribution in [0.3, 0.4) is 0 Å². The van der Waals surface area contributed by atoms with Gasteiger partial charge in [0.25, 0.3) is 0 Å². The highest BCUT2D eigenvalue weighted by Gasteiger charge is 2.31. The first-order chi connectivity index (χ1) is 7.78. The Balaban J connectivity index is 2.04. The zero-order valence-corrected chi connectivity index (χ0v) is 10.3. The quantitative estimate of drug-likeness (QED) is 0.817. The Morgan fingerprint density at radius 1 is 1.25 bits per heavy atom. The zero-order valence-electron chi connectivity index (χ0n) is 9.49. The third-order valence-corrected chi connectivity index (χ3v) is 4.86. The lowest BCUT2D eigenvalue weighted by atomic mass is 9.82. The van der Waals surface area contributed by atoms with Crippen LogP contribution in [0.4, 0.5) is 0 Å². The Morgan fingerprint density at radius 3 is 2.75 bits per heavy atom. The first kappa shape index (κ1) is 10.2. The zero-order chi connectivity index (χ0) is 11.0. The number of piperidine rings is 1. The second-order valence-corrected chi connectivity index (χ2v) is 5.83. The number of rotatable bonds is 1. The highest BCUT2D eigenvalue weighted by Crippen LogP contribution is 2.37. The average Bonchev–Trinajstić information content (AvgIpc) is 2.74. The molecule has 1 saturated heterocycles. The lowest BCUT2D eigenvalue weighted by Crippen LogP contribution is -2.37. The summed E-state index contributed by atoms with van der Waals surface area (Å²) in [4.78, 5) is 4.80. The molecule has 1 fully saturated rings. The molecule has 3 rings (SSSR count). The molecule has 0 amide bonds. The summed E-state index contributed by atoms with van der Waals surface area (Å²) in [6, 6.07) is 8.44. The predicted octanol–water partition coefficient (Wildman–Crippen LogP) is 2.94. The van der Waals surface area contributed by atoms with Crippen LogP contribution in [0, 0.1) is 0 Å². The summed E-state index contributed by atoms with van der Waals surface area (Å²) in [5.41, 5.74) is 1.44. The van der Waals surface area contributed by atoms with E-state index in [0.717, 1.165) is 18.6 Å². The fourth-order valence-corrected chi connectivity index (χ4v) is 3.49. The van der Waals surface area contributed by atoms with Crippen molar-refractivity contribution in [1.82, 2.24) is 10.3 Å². The lowest BCUT2D eigenvalue weighted by molar-refractivity contribution is 0.334. The molecule has 1 aliphatic rings. The number of hydrogen-bond donors (Lipinski definition) is 1. The van der Waals surface area contributed by atoms with E-state index in [0.29, 0.717) is 0 Å². The Labute approximate surface area is 99.7 Å². The Kier molecular flexibility index (Phi) is 2.45. The van der Waals surface area contributed by atoms with Crippen LogP contribution < -0.4 is 5.32 Å². The molecule has 0 atom stereocenters. The number of nitrogens with one attached hydrogen (secondary N) is 1. The minimum Gasteiger partial charge on any atom is -0.317 e. The fourth-order valence-electron chi connectivity index (χ4n) is 2.32. The number of aromatic nitrogens is 1. The molecule has 3 heteroatoms. The van der Waals surface area contributed by atoms with Gasteiger partial charge in [-0.05, 0) is 38.1 Å². The third kappa shape index (κ3) is 1.64. The van der Waals surface area contributed by atoms with Crippen molar-refractivity contribution in [2.45, 2.75) is 25.2 Å². The molecule has 2 aromatic rings. The van der Waals surface area contributed by atoms with Gasteiger partial charge in [-0.15, -0.1) is 11.3 Å². The van der Waals surface area contributed by atoms with Gasteiger partial charge in [0.05, 0.1) is 15.2 Å². The van der Waals surface area contributed by atoms with Crippen LogP contribution in [0.15, 0.2) is 24.3 Å². The van der Waals surface area contributed by atoms with Crippen LogP contribution in [-0.2, 0) is 5.41 Å². The number of fused-ring (bicyclic) bond motifs is 1. The van der Waals surface area contributed by atoms with Gasteiger partial charge in [-0.3, -0.25) is 0 Å². The van der Waals surface area contributed by atoms with Crippen LogP contribution in [0.1, 0.15) is 24.8 Å². The molecule has 2 nitrogen and oxygen atoms in total. The fraction of sp³-hybridized carbons (Fsp3) is 0.462. The summed E-state index contributed by atoms with van der Waals surface area (Å²) in [7, 11) is 0. The molecule has 1 N–H and O–H groups in total. The highest BCUT2D eigenvalue weighted by atomic mass is 32.1. The third-order valence-electron chi connectivity index (χ3n) is 3.52. The maximum atomic E-state index is 4.80. The van der Waals surface area contributed by atoms with Gasteiger partial charge in [0.15, 0.2) is 0 Å². The molecule has 1 aromatic heterocycles. The average molecular weight is 232 g/mol. The van der Waals surface area contributed by atoms with E-state index in [9.17, 15) is 0 Å². The van der Waals surface area contributed by atoms with E-state index < -0.39 is 0 Å². The standard InChI is InChI=1S/C13H16N2S/c1-13(6-8-14-9-7-13)12-15-10-4-2-3-5-11(10)16-12/h2-5,14H,6-9H2,1H3. The van der Waals surface area contributed by atoms with Gasteiger partial charge in [-0.25, -0.2) is 4.98 Å². The number of para-hydroxylation sites is 1. The first-order valence-corrected chi connectivity index (χ1v) is 6.66. The maximum absolute atomic E-state index is 4.80. The van der Waals surface area contributed by atoms with E-state index in [-0.39, 0.29) is 5.41 Å². The largest absolute Gasteiger partial charge is 0.317 e. The van der Waals surface area contributed by atoms with E-state index in [1.165, 1.54) is 22.5 Å². The predicted molar refractivity (Wildman–Crippen MR) is 69.1 cm³/mol. The van der Waals surface area contributed by atoms with Crippen molar-refractivity contribution in [3.05, 3.63) is 29.3 Å². The Hall–Kier alpha value is -0.930. The SMILES string of the molecule is CC1(c2nc3ccccc3s2)CCNCC1. The number of nitrogens with zero attached hydrogens (tertiary/aromatic N) is 1. The minimum atomic E-state index is 0.287. The van der Waals surface area contributed by atoms with Gasteiger partial charge in [0.1, 0.15) is 0 Å². The van der Waals surface area contributed by atoms with Crippen molar-refractivity contribution >= 4 is 21.6 Å². The molecule has 0 bridgehead atoms. The van der Waals surface area contributed by atoms with Gasteiger partial charge in [-0.1, -0.05) is 19.1 Å². The van der Waals surface area contributed by atoms with Crippen LogP contribution in [-0.4, -0.2) is 18.1 Å². The molecule has 0 saturated carbocycles. The van der Waals surface area contributed by atoms with E-state index >= 15 is 0 Å². The van der Waals surface area contributed by atoms with Crippen LogP contribution in [0.25, 0.3) is 10.2 Å². The van der Waals surface area contributed by atoms with E-state index in [1.54, 1.807) is 0 Å². The number of thiazole rings is 1. The summed E-state index contributed by atoms with van der Waals surface area (Å²) < 4.78 is 1.32. The Morgan fingerprint density at radius 2 is 2.00 bits per heavy atom. The summed E-state index contributed by atoms with van der Waals surface area (Å²) in [6.45, 7) is 4.59. The van der Waals surface area contributed by atoms with Crippen molar-refractivity contribution in [2.75, 3.05) is 13.1 Å². The second kappa shape index (κ2) is 3.82. The van der Waals surface area contributed by atoms with Crippen molar-refractivity contribution in [3.8, 4) is 0 Å². The monoisotopic (exact) mass is 232 g/mol. The lowest BCUT2D eigenvalue weighted by Gasteiger charge is -2.31. The molecule has 0 unspecified atom stereocenters. The molecule has 84 valence electrons. The van der Waals surface area contributed by atoms with Gasteiger partial charge in [-0.2, -0.15) is 0 Å². The van der Waals surface area contributed by atoms with Crippen LogP contribution >= 0.6 is 11.3 Å². The molecule has 0 radical (unpaired) electrons. The summed E-state index contributed by atoms with van der Waals surface area (Å²) in [5, 5.41) is 4.74. The maximum Gasteiger partial charge on any atom is 0.0998 e. The number of benzene rings is 1. The molecule has 0 aliphatic carbocycles. The van der Waals surface area contributed by atoms with E-state index in [1.807, 2.05) is 11.3 Å². The smallest absolute Gasteiger partial charge is 0.0998 e. The highest BCUT2D eigenvalue weighted by molar-refractivity contribution is 7.18. The van der Waals surface area contributed by atoms with Crippen molar-refractivity contribution < 1.29 is 0 Å². The van der Waals surface area contributed by atoms with Crippen LogP contribution in [0.2, 0.25) is 0 Å². The topological polar surface area (TPSA) is 24.9 Å². The van der Waals surface area contributed by atoms with Crippen molar-refractivity contribution in [1.29, 1.82) is 0 Å².